The van der Waals surface area contributed by atoms with Crippen LogP contribution in [0.25, 0.3) is 0 Å². The number of ether oxygens (including phenoxy) is 1. The molecule has 0 aromatic heterocycles. The molecule has 1 N–H and O–H groups in total. The number of halogens is 1. The molecule has 154 valence electrons. The van der Waals surface area contributed by atoms with Gasteiger partial charge >= 0.3 is 0 Å². The third-order valence-corrected chi connectivity index (χ3v) is 5.45. The molecule has 3 aromatic rings. The molecule has 0 radical (unpaired) electrons. The Morgan fingerprint density at radius 1 is 1.00 bits per heavy atom. The van der Waals surface area contributed by atoms with E-state index in [4.69, 9.17) is 4.74 Å². The van der Waals surface area contributed by atoms with Crippen molar-refractivity contribution < 1.29 is 14.3 Å². The zero-order valence-electron chi connectivity index (χ0n) is 17.1. The van der Waals surface area contributed by atoms with Crippen LogP contribution in [0.5, 0.6) is 5.75 Å². The van der Waals surface area contributed by atoms with Gasteiger partial charge in [0.05, 0.1) is 7.11 Å². The third kappa shape index (κ3) is 4.71. The minimum atomic E-state index is -0.844. The summed E-state index contributed by atoms with van der Waals surface area (Å²) in [6, 6.07) is 19.4. The number of anilines is 2. The van der Waals surface area contributed by atoms with Crippen LogP contribution in [-0.2, 0) is 9.59 Å². The second kappa shape index (κ2) is 9.59. The molecule has 6 heteroatoms. The van der Waals surface area contributed by atoms with Gasteiger partial charge in [0.2, 0.25) is 6.41 Å². The lowest BCUT2D eigenvalue weighted by molar-refractivity contribution is -0.119. The minimum Gasteiger partial charge on any atom is -0.497 e. The minimum absolute atomic E-state index is 0.294. The molecule has 5 nitrogen and oxygen atoms in total. The summed E-state index contributed by atoms with van der Waals surface area (Å²) in [5.74, 6) is 0.377. The summed E-state index contributed by atoms with van der Waals surface area (Å²) in [5.41, 5.74) is 3.96. The number of hydrogen-bond donors (Lipinski definition) is 1. The van der Waals surface area contributed by atoms with Crippen LogP contribution >= 0.6 is 15.9 Å². The Morgan fingerprint density at radius 3 is 2.13 bits per heavy atom. The molecule has 0 bridgehead atoms. The average Bonchev–Trinajstić information content (AvgIpc) is 2.75. The molecule has 0 aliphatic carbocycles. The standard InChI is InChI=1S/C24H23BrN2O3/c1-16-5-4-6-17(2)22(16)26-24(29)23(18-7-9-19(25)10-8-18)27(15-28)20-11-13-21(30-3)14-12-20/h4-15,23H,1-3H3,(H,26,29)/t23-/m1/s1. The molecule has 0 spiro atoms. The first kappa shape index (κ1) is 21.6. The Labute approximate surface area is 184 Å². The molecule has 0 unspecified atom stereocenters. The zero-order chi connectivity index (χ0) is 21.7. The van der Waals surface area contributed by atoms with Crippen molar-refractivity contribution in [1.29, 1.82) is 0 Å². The van der Waals surface area contributed by atoms with Gasteiger partial charge in [0.25, 0.3) is 5.91 Å². The lowest BCUT2D eigenvalue weighted by Crippen LogP contribution is -2.37. The number of para-hydroxylation sites is 1. The van der Waals surface area contributed by atoms with E-state index in [1.54, 1.807) is 31.4 Å². The van der Waals surface area contributed by atoms with Crippen LogP contribution in [0, 0.1) is 13.8 Å². The first-order valence-corrected chi connectivity index (χ1v) is 10.2. The molecule has 2 amide bonds. The molecule has 0 aliphatic heterocycles. The molecule has 0 aliphatic rings. The Hall–Kier alpha value is -3.12. The van der Waals surface area contributed by atoms with Crippen molar-refractivity contribution in [3.63, 3.8) is 0 Å². The van der Waals surface area contributed by atoms with Crippen LogP contribution in [0.15, 0.2) is 71.2 Å². The van der Waals surface area contributed by atoms with Crippen molar-refractivity contribution in [2.24, 2.45) is 0 Å². The molecule has 30 heavy (non-hydrogen) atoms. The van der Waals surface area contributed by atoms with E-state index < -0.39 is 6.04 Å². The molecule has 0 heterocycles. The number of nitrogens with one attached hydrogen (secondary N) is 1. The molecule has 3 rings (SSSR count). The van der Waals surface area contributed by atoms with Crippen molar-refractivity contribution in [1.82, 2.24) is 0 Å². The van der Waals surface area contributed by atoms with Crippen LogP contribution in [0.1, 0.15) is 22.7 Å². The zero-order valence-corrected chi connectivity index (χ0v) is 18.6. The van der Waals surface area contributed by atoms with Gasteiger partial charge in [-0.1, -0.05) is 46.3 Å². The Kier molecular flexibility index (Phi) is 6.90. The van der Waals surface area contributed by atoms with Crippen molar-refractivity contribution in [2.45, 2.75) is 19.9 Å². The van der Waals surface area contributed by atoms with Crippen LogP contribution in [0.2, 0.25) is 0 Å². The summed E-state index contributed by atoms with van der Waals surface area (Å²) in [7, 11) is 1.58. The van der Waals surface area contributed by atoms with Gasteiger partial charge in [-0.3, -0.25) is 14.5 Å². The van der Waals surface area contributed by atoms with E-state index in [-0.39, 0.29) is 5.91 Å². The summed E-state index contributed by atoms with van der Waals surface area (Å²) in [5, 5.41) is 3.02. The van der Waals surface area contributed by atoms with E-state index in [1.807, 2.05) is 56.3 Å². The lowest BCUT2D eigenvalue weighted by Gasteiger charge is -2.28. The van der Waals surface area contributed by atoms with Gasteiger partial charge in [0.1, 0.15) is 11.8 Å². The fourth-order valence-corrected chi connectivity index (χ4v) is 3.58. The maximum atomic E-state index is 13.5. The van der Waals surface area contributed by atoms with Crippen molar-refractivity contribution in [3.05, 3.63) is 87.9 Å². The van der Waals surface area contributed by atoms with E-state index in [1.165, 1.54) is 4.90 Å². The van der Waals surface area contributed by atoms with Gasteiger partial charge in [0.15, 0.2) is 0 Å². The number of rotatable bonds is 7. The summed E-state index contributed by atoms with van der Waals surface area (Å²) in [4.78, 5) is 27.0. The first-order valence-electron chi connectivity index (χ1n) is 9.45. The molecule has 0 saturated carbocycles. The SMILES string of the molecule is COc1ccc(N(C=O)[C@@H](C(=O)Nc2c(C)cccc2C)c2ccc(Br)cc2)cc1. The van der Waals surface area contributed by atoms with Gasteiger partial charge in [-0.05, 0) is 66.9 Å². The van der Waals surface area contributed by atoms with Crippen LogP contribution in [0.4, 0.5) is 11.4 Å². The lowest BCUT2D eigenvalue weighted by atomic mass is 10.0. The number of hydrogen-bond acceptors (Lipinski definition) is 3. The molecule has 1 atom stereocenters. The van der Waals surface area contributed by atoms with E-state index in [2.05, 4.69) is 21.2 Å². The van der Waals surface area contributed by atoms with Crippen molar-refractivity contribution in [3.8, 4) is 5.75 Å². The third-order valence-electron chi connectivity index (χ3n) is 4.93. The highest BCUT2D eigenvalue weighted by molar-refractivity contribution is 9.10. The second-order valence-electron chi connectivity index (χ2n) is 6.92. The summed E-state index contributed by atoms with van der Waals surface area (Å²) in [6.45, 7) is 3.89. The maximum Gasteiger partial charge on any atom is 0.252 e. The average molecular weight is 467 g/mol. The number of benzene rings is 3. The fraction of sp³-hybridized carbons (Fsp3) is 0.167. The second-order valence-corrected chi connectivity index (χ2v) is 7.84. The van der Waals surface area contributed by atoms with Gasteiger partial charge in [-0.25, -0.2) is 0 Å². The quantitative estimate of drug-likeness (QED) is 0.473. The van der Waals surface area contributed by atoms with Gasteiger partial charge < -0.3 is 10.1 Å². The molecule has 0 saturated heterocycles. The van der Waals surface area contributed by atoms with Crippen LogP contribution in [-0.4, -0.2) is 19.4 Å². The van der Waals surface area contributed by atoms with E-state index in [9.17, 15) is 9.59 Å². The van der Waals surface area contributed by atoms with Crippen molar-refractivity contribution in [2.75, 3.05) is 17.3 Å². The number of amides is 2. The largest absolute Gasteiger partial charge is 0.497 e. The normalized spacial score (nSPS) is 11.5. The topological polar surface area (TPSA) is 58.6 Å². The van der Waals surface area contributed by atoms with Crippen molar-refractivity contribution >= 4 is 39.6 Å². The Morgan fingerprint density at radius 2 is 1.60 bits per heavy atom. The van der Waals surface area contributed by atoms with Gasteiger partial charge in [-0.2, -0.15) is 0 Å². The maximum absolute atomic E-state index is 13.5. The fourth-order valence-electron chi connectivity index (χ4n) is 3.31. The number of carbonyl (C=O) groups excluding carboxylic acids is 2. The smallest absolute Gasteiger partial charge is 0.252 e. The van der Waals surface area contributed by atoms with Crippen LogP contribution < -0.4 is 15.0 Å². The molecular weight excluding hydrogens is 444 g/mol. The number of aryl methyl sites for hydroxylation is 2. The van der Waals surface area contributed by atoms with Gasteiger partial charge in [0, 0.05) is 15.8 Å². The highest BCUT2D eigenvalue weighted by Crippen LogP contribution is 2.30. The monoisotopic (exact) mass is 466 g/mol. The van der Waals surface area contributed by atoms with E-state index >= 15 is 0 Å². The predicted octanol–water partition coefficient (Wildman–Crippen LogP) is 5.42. The summed E-state index contributed by atoms with van der Waals surface area (Å²) in [6.07, 6.45) is 0.679. The summed E-state index contributed by atoms with van der Waals surface area (Å²) >= 11 is 3.42. The Balaban J connectivity index is 2.03. The number of nitrogens with zero attached hydrogens (tertiary/aromatic N) is 1. The molecule has 0 fully saturated rings. The first-order chi connectivity index (χ1) is 14.4. The number of carbonyl (C=O) groups is 2. The number of methoxy groups -OCH3 is 1. The Bertz CT molecular complexity index is 1010. The molecule has 3 aromatic carbocycles. The highest BCUT2D eigenvalue weighted by Gasteiger charge is 2.29. The van der Waals surface area contributed by atoms with Crippen LogP contribution in [0.3, 0.4) is 0 Å². The predicted molar refractivity (Wildman–Crippen MR) is 123 cm³/mol. The highest BCUT2D eigenvalue weighted by atomic mass is 79.9. The van der Waals surface area contributed by atoms with E-state index in [0.29, 0.717) is 23.4 Å². The van der Waals surface area contributed by atoms with E-state index in [0.717, 1.165) is 21.3 Å². The van der Waals surface area contributed by atoms with Gasteiger partial charge in [-0.15, -0.1) is 0 Å². The molecular formula is C24H23BrN2O3. The summed E-state index contributed by atoms with van der Waals surface area (Å²) < 4.78 is 6.09.